The molecule has 1 aromatic heterocycles. The molecule has 2 fully saturated rings. The summed E-state index contributed by atoms with van der Waals surface area (Å²) in [4.78, 5) is 26.4. The number of rotatable bonds is 3. The quantitative estimate of drug-likeness (QED) is 0.814. The number of urea groups is 1. The fourth-order valence-electron chi connectivity index (χ4n) is 2.70. The van der Waals surface area contributed by atoms with Crippen LogP contribution in [0.5, 0.6) is 0 Å². The smallest absolute Gasteiger partial charge is 0.372 e. The van der Waals surface area contributed by atoms with E-state index in [4.69, 9.17) is 9.52 Å². The number of hydrogen-bond acceptors (Lipinski definition) is 4. The number of nitrogens with one attached hydrogen (secondary N) is 1. The molecule has 2 N–H and O–H groups in total. The second kappa shape index (κ2) is 4.58. The molecule has 0 aromatic carbocycles. The number of fused-ring (bicyclic) bond motifs is 1. The first-order chi connectivity index (χ1) is 9.15. The third-order valence-electron chi connectivity index (χ3n) is 3.65. The Morgan fingerprint density at radius 1 is 1.53 bits per heavy atom. The van der Waals surface area contributed by atoms with Crippen LogP contribution in [0.2, 0.25) is 0 Å². The van der Waals surface area contributed by atoms with Gasteiger partial charge in [-0.2, -0.15) is 0 Å². The topological polar surface area (TPSA) is 86.0 Å². The normalized spacial score (nSPS) is 23.3. The zero-order valence-electron chi connectivity index (χ0n) is 10.3. The zero-order valence-corrected chi connectivity index (χ0v) is 10.3. The van der Waals surface area contributed by atoms with Gasteiger partial charge in [0.25, 0.3) is 0 Å². The lowest BCUT2D eigenvalue weighted by atomic mass is 10.1. The van der Waals surface area contributed by atoms with Crippen LogP contribution in [0.3, 0.4) is 0 Å². The van der Waals surface area contributed by atoms with Crippen LogP contribution in [0.25, 0.3) is 0 Å². The highest BCUT2D eigenvalue weighted by Crippen LogP contribution is 2.18. The molecule has 3 rings (SSSR count). The monoisotopic (exact) mass is 265 g/mol. The van der Waals surface area contributed by atoms with Gasteiger partial charge < -0.3 is 19.7 Å². The van der Waals surface area contributed by atoms with Gasteiger partial charge >= 0.3 is 12.0 Å². The lowest BCUT2D eigenvalue weighted by Gasteiger charge is -2.36. The molecule has 1 atom stereocenters. The number of carboxylic acids is 1. The van der Waals surface area contributed by atoms with E-state index in [9.17, 15) is 9.59 Å². The Morgan fingerprint density at radius 2 is 2.37 bits per heavy atom. The minimum Gasteiger partial charge on any atom is -0.475 e. The van der Waals surface area contributed by atoms with Crippen molar-refractivity contribution in [3.05, 3.63) is 23.7 Å². The number of nitrogens with zero attached hydrogens (tertiary/aromatic N) is 2. The summed E-state index contributed by atoms with van der Waals surface area (Å²) in [6.45, 7) is 3.37. The van der Waals surface area contributed by atoms with E-state index in [2.05, 4.69) is 10.2 Å². The fraction of sp³-hybridized carbons (Fsp3) is 0.500. The van der Waals surface area contributed by atoms with Crippen molar-refractivity contribution in [3.63, 3.8) is 0 Å². The molecule has 1 aromatic rings. The summed E-state index contributed by atoms with van der Waals surface area (Å²) >= 11 is 0. The molecule has 3 heterocycles. The SMILES string of the molecule is O=C(O)c1occc1CN1CCN2C(=O)NCC2C1. The Bertz CT molecular complexity index is 513. The van der Waals surface area contributed by atoms with Crippen molar-refractivity contribution in [1.82, 2.24) is 15.1 Å². The average Bonchev–Trinajstić information content (AvgIpc) is 2.97. The highest BCUT2D eigenvalue weighted by atomic mass is 16.4. The number of amides is 2. The summed E-state index contributed by atoms with van der Waals surface area (Å²) in [6.07, 6.45) is 1.40. The molecule has 2 saturated heterocycles. The third-order valence-corrected chi connectivity index (χ3v) is 3.65. The zero-order chi connectivity index (χ0) is 13.4. The van der Waals surface area contributed by atoms with Crippen LogP contribution >= 0.6 is 0 Å². The lowest BCUT2D eigenvalue weighted by Crippen LogP contribution is -2.51. The Hall–Kier alpha value is -2.02. The Labute approximate surface area is 109 Å². The largest absolute Gasteiger partial charge is 0.475 e. The standard InChI is InChI=1S/C12H15N3O4/c16-11(17)10-8(1-4-19-10)6-14-2-3-15-9(7-14)5-13-12(15)18/h1,4,9H,2-3,5-7H2,(H,13,18)(H,16,17). The van der Waals surface area contributed by atoms with Crippen LogP contribution in [0.15, 0.2) is 16.7 Å². The fourth-order valence-corrected chi connectivity index (χ4v) is 2.70. The molecule has 2 aliphatic rings. The van der Waals surface area contributed by atoms with Gasteiger partial charge in [0.05, 0.1) is 12.3 Å². The average molecular weight is 265 g/mol. The van der Waals surface area contributed by atoms with Gasteiger partial charge in [0, 0.05) is 38.3 Å². The number of hydrogen-bond donors (Lipinski definition) is 2. The van der Waals surface area contributed by atoms with E-state index in [0.717, 1.165) is 13.1 Å². The second-order valence-corrected chi connectivity index (χ2v) is 4.85. The van der Waals surface area contributed by atoms with Crippen LogP contribution < -0.4 is 5.32 Å². The van der Waals surface area contributed by atoms with E-state index in [1.807, 2.05) is 4.90 Å². The van der Waals surface area contributed by atoms with Gasteiger partial charge in [-0.15, -0.1) is 0 Å². The summed E-state index contributed by atoms with van der Waals surface area (Å²) < 4.78 is 4.97. The number of piperazine rings is 1. The molecule has 7 heteroatoms. The van der Waals surface area contributed by atoms with Crippen LogP contribution in [-0.4, -0.2) is 59.1 Å². The van der Waals surface area contributed by atoms with Crippen molar-refractivity contribution >= 4 is 12.0 Å². The molecular formula is C12H15N3O4. The van der Waals surface area contributed by atoms with Crippen molar-refractivity contribution in [3.8, 4) is 0 Å². The number of aromatic carboxylic acids is 1. The van der Waals surface area contributed by atoms with E-state index in [0.29, 0.717) is 25.2 Å². The molecule has 19 heavy (non-hydrogen) atoms. The predicted octanol–water partition coefficient (Wildman–Crippen LogP) is 0.187. The summed E-state index contributed by atoms with van der Waals surface area (Å²) in [5.74, 6) is -1.04. The van der Waals surface area contributed by atoms with Gasteiger partial charge in [0.15, 0.2) is 0 Å². The number of carbonyl (C=O) groups excluding carboxylic acids is 1. The van der Waals surface area contributed by atoms with Crippen LogP contribution in [0.1, 0.15) is 16.1 Å². The van der Waals surface area contributed by atoms with E-state index < -0.39 is 5.97 Å². The molecule has 2 aliphatic heterocycles. The molecule has 7 nitrogen and oxygen atoms in total. The first-order valence-electron chi connectivity index (χ1n) is 6.21. The molecule has 0 aliphatic carbocycles. The molecule has 0 bridgehead atoms. The van der Waals surface area contributed by atoms with Gasteiger partial charge in [0.2, 0.25) is 5.76 Å². The maximum atomic E-state index is 11.5. The summed E-state index contributed by atoms with van der Waals surface area (Å²) in [6, 6.07) is 1.87. The highest BCUT2D eigenvalue weighted by molar-refractivity contribution is 5.86. The lowest BCUT2D eigenvalue weighted by molar-refractivity contribution is 0.0657. The Balaban J connectivity index is 1.67. The van der Waals surface area contributed by atoms with Gasteiger partial charge in [-0.1, -0.05) is 0 Å². The van der Waals surface area contributed by atoms with E-state index >= 15 is 0 Å². The minimum absolute atomic E-state index is 0.000754. The van der Waals surface area contributed by atoms with Crippen molar-refractivity contribution in [2.75, 3.05) is 26.2 Å². The molecule has 1 unspecified atom stereocenters. The predicted molar refractivity (Wildman–Crippen MR) is 64.8 cm³/mol. The number of furan rings is 1. The molecular weight excluding hydrogens is 250 g/mol. The second-order valence-electron chi connectivity index (χ2n) is 4.85. The summed E-state index contributed by atoms with van der Waals surface area (Å²) in [5.41, 5.74) is 0.679. The number of carbonyl (C=O) groups is 2. The first kappa shape index (κ1) is 12.0. The van der Waals surface area contributed by atoms with Crippen LogP contribution in [0, 0.1) is 0 Å². The van der Waals surface area contributed by atoms with Crippen molar-refractivity contribution in [2.45, 2.75) is 12.6 Å². The molecule has 2 amide bonds. The first-order valence-corrected chi connectivity index (χ1v) is 6.21. The van der Waals surface area contributed by atoms with Gasteiger partial charge in [-0.05, 0) is 6.07 Å². The van der Waals surface area contributed by atoms with Crippen molar-refractivity contribution < 1.29 is 19.1 Å². The minimum atomic E-state index is -1.05. The summed E-state index contributed by atoms with van der Waals surface area (Å²) in [7, 11) is 0. The highest BCUT2D eigenvalue weighted by Gasteiger charge is 2.35. The van der Waals surface area contributed by atoms with Gasteiger partial charge in [-0.3, -0.25) is 4.90 Å². The van der Waals surface area contributed by atoms with Crippen molar-refractivity contribution in [2.24, 2.45) is 0 Å². The Kier molecular flexibility index (Phi) is 2.90. The third kappa shape index (κ3) is 2.17. The van der Waals surface area contributed by atoms with Gasteiger partial charge in [0.1, 0.15) is 0 Å². The van der Waals surface area contributed by atoms with E-state index in [-0.39, 0.29) is 17.8 Å². The molecule has 0 saturated carbocycles. The Morgan fingerprint density at radius 3 is 3.16 bits per heavy atom. The van der Waals surface area contributed by atoms with Crippen LogP contribution in [0.4, 0.5) is 4.79 Å². The number of carboxylic acid groups (broad SMARTS) is 1. The maximum Gasteiger partial charge on any atom is 0.372 e. The molecule has 0 radical (unpaired) electrons. The summed E-state index contributed by atoms with van der Waals surface area (Å²) in [5, 5.41) is 11.8. The van der Waals surface area contributed by atoms with Gasteiger partial charge in [-0.25, -0.2) is 9.59 Å². The van der Waals surface area contributed by atoms with E-state index in [1.54, 1.807) is 6.07 Å². The molecule has 102 valence electrons. The van der Waals surface area contributed by atoms with Crippen LogP contribution in [-0.2, 0) is 6.54 Å². The van der Waals surface area contributed by atoms with E-state index in [1.165, 1.54) is 6.26 Å². The van der Waals surface area contributed by atoms with Crippen molar-refractivity contribution in [1.29, 1.82) is 0 Å². The maximum absolute atomic E-state index is 11.5. The molecule has 0 spiro atoms.